The monoisotopic (exact) mass is 252 g/mol. The summed E-state index contributed by atoms with van der Waals surface area (Å²) in [6, 6.07) is 7.16. The highest BCUT2D eigenvalue weighted by Gasteiger charge is 2.51. The van der Waals surface area contributed by atoms with Crippen LogP contribution in [0.1, 0.15) is 18.4 Å². The Hall–Kier alpha value is -0.910. The number of benzene rings is 1. The molecule has 2 aliphatic rings. The maximum atomic E-state index is 12.4. The van der Waals surface area contributed by atoms with E-state index in [2.05, 4.69) is 0 Å². The topological polar surface area (TPSA) is 63.4 Å². The van der Waals surface area contributed by atoms with E-state index in [0.29, 0.717) is 23.9 Å². The first kappa shape index (κ1) is 11.2. The van der Waals surface area contributed by atoms with Crippen molar-refractivity contribution in [2.45, 2.75) is 30.3 Å². The molecule has 17 heavy (non-hydrogen) atoms. The molecule has 0 spiro atoms. The lowest BCUT2D eigenvalue weighted by Gasteiger charge is -2.18. The van der Waals surface area contributed by atoms with Crippen molar-refractivity contribution >= 4 is 10.0 Å². The predicted octanol–water partition coefficient (Wildman–Crippen LogP) is 0.928. The number of rotatable bonds is 3. The van der Waals surface area contributed by atoms with Crippen LogP contribution in [-0.4, -0.2) is 25.3 Å². The van der Waals surface area contributed by atoms with Gasteiger partial charge in [-0.05, 0) is 36.5 Å². The summed E-state index contributed by atoms with van der Waals surface area (Å²) < 4.78 is 26.4. The maximum Gasteiger partial charge on any atom is 0.243 e. The zero-order chi connectivity index (χ0) is 12.0. The number of hydrogen-bond acceptors (Lipinski definition) is 3. The summed E-state index contributed by atoms with van der Waals surface area (Å²) in [6.07, 6.45) is 2.06. The number of hydrogen-bond donors (Lipinski definition) is 1. The minimum absolute atomic E-state index is 0.272. The molecule has 1 saturated heterocycles. The van der Waals surface area contributed by atoms with Gasteiger partial charge >= 0.3 is 0 Å². The quantitative estimate of drug-likeness (QED) is 0.870. The third-order valence-electron chi connectivity index (χ3n) is 3.74. The smallest absolute Gasteiger partial charge is 0.243 e. The number of sulfonamides is 1. The van der Waals surface area contributed by atoms with Crippen molar-refractivity contribution in [3.05, 3.63) is 29.8 Å². The Morgan fingerprint density at radius 2 is 2.00 bits per heavy atom. The number of fused-ring (bicyclic) bond motifs is 1. The molecule has 5 heteroatoms. The Bertz CT molecular complexity index is 524. The lowest BCUT2D eigenvalue weighted by atomic mass is 10.2. The van der Waals surface area contributed by atoms with E-state index in [1.807, 2.05) is 0 Å². The van der Waals surface area contributed by atoms with Crippen LogP contribution in [0.25, 0.3) is 0 Å². The van der Waals surface area contributed by atoms with Gasteiger partial charge in [0.1, 0.15) is 0 Å². The Labute approximate surface area is 101 Å². The third-order valence-corrected chi connectivity index (χ3v) is 5.68. The first-order chi connectivity index (χ1) is 8.13. The fourth-order valence-corrected chi connectivity index (χ4v) is 4.30. The summed E-state index contributed by atoms with van der Waals surface area (Å²) in [4.78, 5) is 0.391. The normalized spacial score (nSPS) is 28.1. The van der Waals surface area contributed by atoms with Crippen LogP contribution in [0.4, 0.5) is 0 Å². The van der Waals surface area contributed by atoms with Gasteiger partial charge < -0.3 is 5.73 Å². The maximum absolute atomic E-state index is 12.4. The fourth-order valence-electron chi connectivity index (χ4n) is 2.58. The average Bonchev–Trinajstić information content (AvgIpc) is 2.99. The minimum atomic E-state index is -3.28. The zero-order valence-corrected chi connectivity index (χ0v) is 10.4. The summed E-state index contributed by atoms with van der Waals surface area (Å²) in [5, 5.41) is 0. The first-order valence-electron chi connectivity index (χ1n) is 5.94. The molecule has 0 amide bonds. The standard InChI is InChI=1S/C12H16N2O2S/c13-8-9-1-3-11(4-2-9)17(15,16)14-6-5-10-7-12(10)14/h1-4,10,12H,5-8,13H2. The lowest BCUT2D eigenvalue weighted by molar-refractivity contribution is 0.442. The molecule has 1 saturated carbocycles. The number of nitrogens with zero attached hydrogens (tertiary/aromatic N) is 1. The van der Waals surface area contributed by atoms with Crippen LogP contribution in [0.3, 0.4) is 0 Å². The molecule has 1 aliphatic carbocycles. The van der Waals surface area contributed by atoms with Gasteiger partial charge in [0.25, 0.3) is 0 Å². The summed E-state index contributed by atoms with van der Waals surface area (Å²) in [6.45, 7) is 1.12. The van der Waals surface area contributed by atoms with Gasteiger partial charge in [-0.2, -0.15) is 4.31 Å². The highest BCUT2D eigenvalue weighted by molar-refractivity contribution is 7.89. The Morgan fingerprint density at radius 3 is 2.47 bits per heavy atom. The van der Waals surface area contributed by atoms with Crippen molar-refractivity contribution in [3.8, 4) is 0 Å². The molecule has 2 atom stereocenters. The molecular weight excluding hydrogens is 236 g/mol. The van der Waals surface area contributed by atoms with Crippen LogP contribution in [-0.2, 0) is 16.6 Å². The van der Waals surface area contributed by atoms with E-state index in [1.54, 1.807) is 28.6 Å². The second kappa shape index (κ2) is 3.80. The van der Waals surface area contributed by atoms with Crippen LogP contribution < -0.4 is 5.73 Å². The van der Waals surface area contributed by atoms with Crippen LogP contribution in [0, 0.1) is 5.92 Å². The second-order valence-electron chi connectivity index (χ2n) is 4.82. The highest BCUT2D eigenvalue weighted by atomic mass is 32.2. The van der Waals surface area contributed by atoms with E-state index < -0.39 is 10.0 Å². The van der Waals surface area contributed by atoms with E-state index in [4.69, 9.17) is 5.73 Å². The first-order valence-corrected chi connectivity index (χ1v) is 7.38. The van der Waals surface area contributed by atoms with Crippen LogP contribution >= 0.6 is 0 Å². The largest absolute Gasteiger partial charge is 0.326 e. The fraction of sp³-hybridized carbons (Fsp3) is 0.500. The van der Waals surface area contributed by atoms with Crippen molar-refractivity contribution in [3.63, 3.8) is 0 Å². The molecule has 1 heterocycles. The van der Waals surface area contributed by atoms with Gasteiger partial charge in [-0.15, -0.1) is 0 Å². The number of piperidine rings is 1. The van der Waals surface area contributed by atoms with Gasteiger partial charge in [-0.25, -0.2) is 8.42 Å². The molecule has 1 aliphatic heterocycles. The summed E-state index contributed by atoms with van der Waals surface area (Å²) in [5.74, 6) is 0.619. The molecule has 0 aromatic heterocycles. The molecule has 3 rings (SSSR count). The lowest BCUT2D eigenvalue weighted by Crippen LogP contribution is -2.30. The summed E-state index contributed by atoms with van der Waals surface area (Å²) in [5.41, 5.74) is 6.45. The molecule has 0 bridgehead atoms. The van der Waals surface area contributed by atoms with Crippen molar-refractivity contribution < 1.29 is 8.42 Å². The highest BCUT2D eigenvalue weighted by Crippen LogP contribution is 2.46. The van der Waals surface area contributed by atoms with Gasteiger partial charge in [-0.3, -0.25) is 0 Å². The Balaban J connectivity index is 1.90. The molecule has 2 fully saturated rings. The van der Waals surface area contributed by atoms with Gasteiger partial charge in [0.15, 0.2) is 0 Å². The average molecular weight is 252 g/mol. The minimum Gasteiger partial charge on any atom is -0.326 e. The molecule has 2 unspecified atom stereocenters. The van der Waals surface area contributed by atoms with E-state index >= 15 is 0 Å². The van der Waals surface area contributed by atoms with E-state index in [-0.39, 0.29) is 6.04 Å². The van der Waals surface area contributed by atoms with Gasteiger partial charge in [0.2, 0.25) is 10.0 Å². The zero-order valence-electron chi connectivity index (χ0n) is 9.54. The van der Waals surface area contributed by atoms with E-state index in [9.17, 15) is 8.42 Å². The Kier molecular flexibility index (Phi) is 2.50. The van der Waals surface area contributed by atoms with E-state index in [0.717, 1.165) is 18.4 Å². The molecule has 92 valence electrons. The van der Waals surface area contributed by atoms with Crippen molar-refractivity contribution in [2.24, 2.45) is 11.7 Å². The van der Waals surface area contributed by atoms with Gasteiger partial charge in [0, 0.05) is 19.1 Å². The van der Waals surface area contributed by atoms with Crippen LogP contribution in [0.5, 0.6) is 0 Å². The van der Waals surface area contributed by atoms with Crippen molar-refractivity contribution in [1.82, 2.24) is 4.31 Å². The predicted molar refractivity (Wildman–Crippen MR) is 64.7 cm³/mol. The molecule has 1 aromatic rings. The molecular formula is C12H16N2O2S. The van der Waals surface area contributed by atoms with E-state index in [1.165, 1.54) is 0 Å². The number of nitrogens with two attached hydrogens (primary N) is 1. The van der Waals surface area contributed by atoms with Gasteiger partial charge in [-0.1, -0.05) is 12.1 Å². The van der Waals surface area contributed by atoms with Crippen LogP contribution in [0.15, 0.2) is 29.2 Å². The molecule has 2 N–H and O–H groups in total. The summed E-state index contributed by atoms with van der Waals surface area (Å²) >= 11 is 0. The SMILES string of the molecule is NCc1ccc(S(=O)(=O)N2CCC3CC32)cc1. The van der Waals surface area contributed by atoms with Crippen molar-refractivity contribution in [2.75, 3.05) is 6.54 Å². The molecule has 4 nitrogen and oxygen atoms in total. The van der Waals surface area contributed by atoms with Crippen molar-refractivity contribution in [1.29, 1.82) is 0 Å². The Morgan fingerprint density at radius 1 is 1.29 bits per heavy atom. The third kappa shape index (κ3) is 1.78. The van der Waals surface area contributed by atoms with Crippen LogP contribution in [0.2, 0.25) is 0 Å². The molecule has 1 aromatic carbocycles. The summed E-state index contributed by atoms with van der Waals surface area (Å²) in [7, 11) is -3.28. The molecule has 0 radical (unpaired) electrons. The second-order valence-corrected chi connectivity index (χ2v) is 6.71. The van der Waals surface area contributed by atoms with Gasteiger partial charge in [0.05, 0.1) is 4.90 Å².